The zero-order chi connectivity index (χ0) is 7.11. The van der Waals surface area contributed by atoms with Gasteiger partial charge in [0.1, 0.15) is 0 Å². The molecule has 0 bridgehead atoms. The fraction of sp³-hybridized carbons (Fsp3) is 0.200. The molecule has 4 nitrogen and oxygen atoms in total. The molecule has 46 valence electrons. The summed E-state index contributed by atoms with van der Waals surface area (Å²) in [6, 6.07) is 0. The summed E-state index contributed by atoms with van der Waals surface area (Å²) in [5, 5.41) is 15.8. The van der Waals surface area contributed by atoms with Gasteiger partial charge < -0.3 is 9.47 Å². The lowest BCUT2D eigenvalue weighted by atomic mass is 10.7. The molecule has 0 aliphatic heterocycles. The van der Waals surface area contributed by atoms with Crippen molar-refractivity contribution in [1.82, 2.24) is 0 Å². The summed E-state index contributed by atoms with van der Waals surface area (Å²) in [7, 11) is 0. The molecule has 4 heteroatoms. The molecule has 0 saturated heterocycles. The number of nitrogens with zero attached hydrogens (tertiary/aromatic N) is 2. The molecule has 0 aromatic carbocycles. The standard InChI is InChI=1S/C5H4N2O2/c1-2-5(8-3-6)9-4-7/h2H,1H3. The van der Waals surface area contributed by atoms with Gasteiger partial charge in [-0.2, -0.15) is 0 Å². The maximum atomic E-state index is 7.89. The average molecular weight is 124 g/mol. The Morgan fingerprint density at radius 2 is 1.78 bits per heavy atom. The second-order valence-electron chi connectivity index (χ2n) is 0.994. The Labute approximate surface area is 52.5 Å². The van der Waals surface area contributed by atoms with Crippen molar-refractivity contribution in [3.8, 4) is 12.5 Å². The van der Waals surface area contributed by atoms with E-state index in [9.17, 15) is 0 Å². The van der Waals surface area contributed by atoms with E-state index in [1.807, 2.05) is 0 Å². The quantitative estimate of drug-likeness (QED) is 0.404. The van der Waals surface area contributed by atoms with Gasteiger partial charge in [-0.1, -0.05) is 0 Å². The van der Waals surface area contributed by atoms with Crippen molar-refractivity contribution in [2.24, 2.45) is 0 Å². The van der Waals surface area contributed by atoms with Gasteiger partial charge in [-0.15, -0.1) is 10.5 Å². The number of allylic oxidation sites excluding steroid dienone is 1. The second kappa shape index (κ2) is 4.48. The van der Waals surface area contributed by atoms with Crippen LogP contribution in [0.2, 0.25) is 0 Å². The van der Waals surface area contributed by atoms with Crippen LogP contribution < -0.4 is 0 Å². The molecule has 0 radical (unpaired) electrons. The molecular weight excluding hydrogens is 120 g/mol. The summed E-state index contributed by atoms with van der Waals surface area (Å²) in [5.74, 6) is -0.0972. The van der Waals surface area contributed by atoms with Gasteiger partial charge in [0.25, 0.3) is 12.5 Å². The number of rotatable bonds is 2. The maximum absolute atomic E-state index is 7.89. The first kappa shape index (κ1) is 7.32. The van der Waals surface area contributed by atoms with Crippen LogP contribution in [0.5, 0.6) is 0 Å². The molecule has 0 aliphatic carbocycles. The minimum absolute atomic E-state index is 0.0972. The van der Waals surface area contributed by atoms with Crippen molar-refractivity contribution in [2.45, 2.75) is 6.92 Å². The van der Waals surface area contributed by atoms with Crippen molar-refractivity contribution in [3.05, 3.63) is 12.0 Å². The van der Waals surface area contributed by atoms with Gasteiger partial charge in [-0.25, -0.2) is 0 Å². The highest BCUT2D eigenvalue weighted by atomic mass is 16.7. The molecule has 0 fully saturated rings. The van der Waals surface area contributed by atoms with Crippen LogP contribution in [0.1, 0.15) is 6.92 Å². The van der Waals surface area contributed by atoms with Crippen LogP contribution in [0, 0.1) is 23.0 Å². The fourth-order valence-corrected chi connectivity index (χ4v) is 0.229. The minimum Gasteiger partial charge on any atom is -0.351 e. The van der Waals surface area contributed by atoms with Gasteiger partial charge in [-0.3, -0.25) is 0 Å². The van der Waals surface area contributed by atoms with E-state index in [2.05, 4.69) is 9.47 Å². The van der Waals surface area contributed by atoms with Gasteiger partial charge in [-0.05, 0) is 13.0 Å². The third-order valence-corrected chi connectivity index (χ3v) is 0.528. The Morgan fingerprint density at radius 3 is 2.00 bits per heavy atom. The fourth-order valence-electron chi connectivity index (χ4n) is 0.229. The Balaban J connectivity index is 3.77. The molecule has 0 atom stereocenters. The smallest absolute Gasteiger partial charge is 0.307 e. The summed E-state index contributed by atoms with van der Waals surface area (Å²) in [6.07, 6.45) is 4.09. The third-order valence-electron chi connectivity index (χ3n) is 0.528. The monoisotopic (exact) mass is 124 g/mol. The van der Waals surface area contributed by atoms with Crippen molar-refractivity contribution < 1.29 is 9.47 Å². The third kappa shape index (κ3) is 2.95. The molecule has 0 aliphatic rings. The molecule has 0 aromatic heterocycles. The minimum atomic E-state index is -0.0972. The summed E-state index contributed by atoms with van der Waals surface area (Å²) in [4.78, 5) is 0. The largest absolute Gasteiger partial charge is 0.351 e. The first-order valence-electron chi connectivity index (χ1n) is 2.13. The first-order chi connectivity index (χ1) is 4.35. The molecule has 0 aromatic rings. The van der Waals surface area contributed by atoms with Gasteiger partial charge >= 0.3 is 5.95 Å². The van der Waals surface area contributed by atoms with E-state index in [1.54, 1.807) is 6.92 Å². The van der Waals surface area contributed by atoms with E-state index in [4.69, 9.17) is 10.5 Å². The van der Waals surface area contributed by atoms with Crippen molar-refractivity contribution in [3.63, 3.8) is 0 Å². The lowest BCUT2D eigenvalue weighted by Crippen LogP contribution is -1.85. The molecule has 0 heterocycles. The second-order valence-corrected chi connectivity index (χ2v) is 0.994. The summed E-state index contributed by atoms with van der Waals surface area (Å²) >= 11 is 0. The van der Waals surface area contributed by atoms with Crippen LogP contribution in [-0.2, 0) is 9.47 Å². The lowest BCUT2D eigenvalue weighted by molar-refractivity contribution is 0.170. The zero-order valence-corrected chi connectivity index (χ0v) is 4.79. The number of hydrogen-bond donors (Lipinski definition) is 0. The maximum Gasteiger partial charge on any atom is 0.307 e. The SMILES string of the molecule is CC=C(OC#N)OC#N. The molecule has 0 spiro atoms. The molecule has 0 amide bonds. The van der Waals surface area contributed by atoms with Gasteiger partial charge in [0.2, 0.25) is 0 Å². The van der Waals surface area contributed by atoms with E-state index in [0.717, 1.165) is 0 Å². The predicted molar refractivity (Wildman–Crippen MR) is 27.2 cm³/mol. The summed E-state index contributed by atoms with van der Waals surface area (Å²) < 4.78 is 8.31. The Bertz CT molecular complexity index is 166. The molecule has 0 N–H and O–H groups in total. The topological polar surface area (TPSA) is 66.0 Å². The Kier molecular flexibility index (Phi) is 3.64. The Morgan fingerprint density at radius 1 is 1.33 bits per heavy atom. The van der Waals surface area contributed by atoms with Crippen LogP contribution in [0.15, 0.2) is 12.0 Å². The van der Waals surface area contributed by atoms with Crippen LogP contribution in [0.3, 0.4) is 0 Å². The van der Waals surface area contributed by atoms with E-state index in [0.29, 0.717) is 0 Å². The van der Waals surface area contributed by atoms with Crippen LogP contribution in [0.4, 0.5) is 0 Å². The van der Waals surface area contributed by atoms with Crippen molar-refractivity contribution in [1.29, 1.82) is 10.5 Å². The molecular formula is C5H4N2O2. The van der Waals surface area contributed by atoms with E-state index >= 15 is 0 Å². The predicted octanol–water partition coefficient (Wildman–Crippen LogP) is 0.843. The number of nitriles is 2. The van der Waals surface area contributed by atoms with E-state index in [1.165, 1.54) is 18.6 Å². The highest BCUT2D eigenvalue weighted by molar-refractivity contribution is 4.85. The molecule has 0 saturated carbocycles. The molecule has 9 heavy (non-hydrogen) atoms. The average Bonchev–Trinajstić information content (AvgIpc) is 1.88. The normalized spacial score (nSPS) is 6.11. The molecule has 0 rings (SSSR count). The van der Waals surface area contributed by atoms with Crippen LogP contribution in [0.25, 0.3) is 0 Å². The van der Waals surface area contributed by atoms with E-state index < -0.39 is 0 Å². The zero-order valence-electron chi connectivity index (χ0n) is 4.79. The highest BCUT2D eigenvalue weighted by Crippen LogP contribution is 1.95. The number of hydrogen-bond acceptors (Lipinski definition) is 4. The highest BCUT2D eigenvalue weighted by Gasteiger charge is 1.92. The number of ether oxygens (including phenoxy) is 2. The summed E-state index contributed by atoms with van der Waals surface area (Å²) in [5.41, 5.74) is 0. The molecule has 0 unspecified atom stereocenters. The lowest BCUT2D eigenvalue weighted by Gasteiger charge is -1.92. The summed E-state index contributed by atoms with van der Waals surface area (Å²) in [6.45, 7) is 1.59. The van der Waals surface area contributed by atoms with Gasteiger partial charge in [0.05, 0.1) is 0 Å². The van der Waals surface area contributed by atoms with Gasteiger partial charge in [0.15, 0.2) is 0 Å². The Hall–Kier alpha value is -1.68. The van der Waals surface area contributed by atoms with E-state index in [-0.39, 0.29) is 5.95 Å². The first-order valence-corrected chi connectivity index (χ1v) is 2.13. The van der Waals surface area contributed by atoms with Crippen molar-refractivity contribution >= 4 is 0 Å². The van der Waals surface area contributed by atoms with Crippen LogP contribution in [-0.4, -0.2) is 0 Å². The van der Waals surface area contributed by atoms with Crippen LogP contribution >= 0.6 is 0 Å². The van der Waals surface area contributed by atoms with Crippen molar-refractivity contribution in [2.75, 3.05) is 0 Å². The van der Waals surface area contributed by atoms with Gasteiger partial charge in [0, 0.05) is 0 Å².